The molecule has 0 fully saturated rings. The van der Waals surface area contributed by atoms with E-state index in [0.29, 0.717) is 5.92 Å². The molecule has 0 aliphatic carbocycles. The van der Waals surface area contributed by atoms with Gasteiger partial charge < -0.3 is 15.0 Å². The van der Waals surface area contributed by atoms with Gasteiger partial charge in [-0.15, -0.1) is 0 Å². The molecule has 0 aromatic heterocycles. The highest BCUT2D eigenvalue weighted by Crippen LogP contribution is 2.30. The standard InChI is InChI=1S/C16H28N2O/c1-13(2)15-12-14(8-9-16(15)19-5)18(4)11-7-6-10-17-3/h8-9,12-13,17H,6-7,10-11H2,1-5H3. The predicted octanol–water partition coefficient (Wildman–Crippen LogP) is 3.25. The van der Waals surface area contributed by atoms with E-state index in [2.05, 4.69) is 49.3 Å². The second-order valence-electron chi connectivity index (χ2n) is 5.31. The lowest BCUT2D eigenvalue weighted by Crippen LogP contribution is -2.20. The van der Waals surface area contributed by atoms with E-state index >= 15 is 0 Å². The van der Waals surface area contributed by atoms with Gasteiger partial charge in [0.2, 0.25) is 0 Å². The Balaban J connectivity index is 2.69. The summed E-state index contributed by atoms with van der Waals surface area (Å²) in [4.78, 5) is 2.32. The first kappa shape index (κ1) is 15.8. The highest BCUT2D eigenvalue weighted by Gasteiger charge is 2.10. The van der Waals surface area contributed by atoms with Crippen LogP contribution in [0.1, 0.15) is 38.2 Å². The first-order valence-corrected chi connectivity index (χ1v) is 7.13. The van der Waals surface area contributed by atoms with Gasteiger partial charge in [-0.1, -0.05) is 13.8 Å². The van der Waals surface area contributed by atoms with Crippen molar-refractivity contribution in [2.45, 2.75) is 32.6 Å². The first-order chi connectivity index (χ1) is 9.10. The predicted molar refractivity (Wildman–Crippen MR) is 83.5 cm³/mol. The van der Waals surface area contributed by atoms with Crippen molar-refractivity contribution >= 4 is 5.69 Å². The summed E-state index contributed by atoms with van der Waals surface area (Å²) in [6, 6.07) is 6.47. The fourth-order valence-corrected chi connectivity index (χ4v) is 2.19. The van der Waals surface area contributed by atoms with Crippen molar-refractivity contribution in [2.24, 2.45) is 0 Å². The van der Waals surface area contributed by atoms with E-state index in [1.54, 1.807) is 7.11 Å². The van der Waals surface area contributed by atoms with Crippen LogP contribution in [0.25, 0.3) is 0 Å². The van der Waals surface area contributed by atoms with E-state index in [-0.39, 0.29) is 0 Å². The van der Waals surface area contributed by atoms with Crippen molar-refractivity contribution in [3.63, 3.8) is 0 Å². The van der Waals surface area contributed by atoms with Crippen LogP contribution in [0.5, 0.6) is 5.75 Å². The van der Waals surface area contributed by atoms with Gasteiger partial charge in [-0.05, 0) is 56.1 Å². The summed E-state index contributed by atoms with van der Waals surface area (Å²) >= 11 is 0. The Hall–Kier alpha value is -1.22. The average molecular weight is 264 g/mol. The number of ether oxygens (including phenoxy) is 1. The molecule has 0 spiro atoms. The lowest BCUT2D eigenvalue weighted by molar-refractivity contribution is 0.407. The molecule has 3 nitrogen and oxygen atoms in total. The van der Waals surface area contributed by atoms with Crippen molar-refractivity contribution < 1.29 is 4.74 Å². The minimum Gasteiger partial charge on any atom is -0.496 e. The molecule has 0 unspecified atom stereocenters. The Morgan fingerprint density at radius 1 is 1.26 bits per heavy atom. The van der Waals surface area contributed by atoms with Gasteiger partial charge >= 0.3 is 0 Å². The molecule has 0 aliphatic rings. The molecule has 3 heteroatoms. The van der Waals surface area contributed by atoms with E-state index < -0.39 is 0 Å². The molecule has 1 aromatic carbocycles. The normalized spacial score (nSPS) is 10.8. The summed E-state index contributed by atoms with van der Waals surface area (Å²) in [6.07, 6.45) is 2.43. The van der Waals surface area contributed by atoms with E-state index in [9.17, 15) is 0 Å². The molecular formula is C16H28N2O. The maximum Gasteiger partial charge on any atom is 0.122 e. The van der Waals surface area contributed by atoms with Gasteiger partial charge in [0.25, 0.3) is 0 Å². The number of unbranched alkanes of at least 4 members (excludes halogenated alkanes) is 1. The van der Waals surface area contributed by atoms with Crippen molar-refractivity contribution in [1.82, 2.24) is 5.32 Å². The maximum absolute atomic E-state index is 5.43. The molecule has 0 aliphatic heterocycles. The van der Waals surface area contributed by atoms with Crippen LogP contribution in [-0.4, -0.2) is 34.3 Å². The Labute approximate surface area is 118 Å². The van der Waals surface area contributed by atoms with Crippen LogP contribution in [-0.2, 0) is 0 Å². The molecule has 1 N–H and O–H groups in total. The molecule has 19 heavy (non-hydrogen) atoms. The van der Waals surface area contributed by atoms with Gasteiger partial charge in [0.1, 0.15) is 5.75 Å². The molecule has 0 atom stereocenters. The smallest absolute Gasteiger partial charge is 0.122 e. The zero-order valence-electron chi connectivity index (χ0n) is 13.0. The van der Waals surface area contributed by atoms with Gasteiger partial charge in [0.15, 0.2) is 0 Å². The van der Waals surface area contributed by atoms with Gasteiger partial charge in [-0.2, -0.15) is 0 Å². The number of anilines is 1. The maximum atomic E-state index is 5.43. The van der Waals surface area contributed by atoms with E-state index in [0.717, 1.165) is 18.8 Å². The number of hydrogen-bond donors (Lipinski definition) is 1. The SMILES string of the molecule is CNCCCCN(C)c1ccc(OC)c(C(C)C)c1. The van der Waals surface area contributed by atoms with Crippen molar-refractivity contribution in [1.29, 1.82) is 0 Å². The Morgan fingerprint density at radius 2 is 2.00 bits per heavy atom. The topological polar surface area (TPSA) is 24.5 Å². The van der Waals surface area contributed by atoms with Crippen molar-refractivity contribution in [3.8, 4) is 5.75 Å². The molecule has 0 radical (unpaired) electrons. The van der Waals surface area contributed by atoms with Gasteiger partial charge in [0.05, 0.1) is 7.11 Å². The largest absolute Gasteiger partial charge is 0.496 e. The summed E-state index contributed by atoms with van der Waals surface area (Å²) in [5.41, 5.74) is 2.55. The summed E-state index contributed by atoms with van der Waals surface area (Å²) in [5.74, 6) is 1.47. The van der Waals surface area contributed by atoms with Gasteiger partial charge in [-0.3, -0.25) is 0 Å². The minimum absolute atomic E-state index is 0.479. The fraction of sp³-hybridized carbons (Fsp3) is 0.625. The summed E-state index contributed by atoms with van der Waals surface area (Å²) in [5, 5.41) is 3.19. The Kier molecular flexibility index (Phi) is 6.71. The van der Waals surface area contributed by atoms with E-state index in [1.807, 2.05) is 7.05 Å². The molecule has 1 aromatic rings. The zero-order valence-corrected chi connectivity index (χ0v) is 13.0. The Morgan fingerprint density at radius 3 is 2.58 bits per heavy atom. The number of hydrogen-bond acceptors (Lipinski definition) is 3. The average Bonchev–Trinajstić information content (AvgIpc) is 2.42. The summed E-state index contributed by atoms with van der Waals surface area (Å²) in [7, 11) is 5.90. The van der Waals surface area contributed by atoms with E-state index in [4.69, 9.17) is 4.74 Å². The monoisotopic (exact) mass is 264 g/mol. The second kappa shape index (κ2) is 8.05. The van der Waals surface area contributed by atoms with Crippen LogP contribution in [0.2, 0.25) is 0 Å². The molecule has 108 valence electrons. The lowest BCUT2D eigenvalue weighted by Gasteiger charge is -2.22. The van der Waals surface area contributed by atoms with Crippen LogP contribution in [0.15, 0.2) is 18.2 Å². The van der Waals surface area contributed by atoms with Crippen molar-refractivity contribution in [2.75, 3.05) is 39.2 Å². The lowest BCUT2D eigenvalue weighted by atomic mass is 10.0. The zero-order chi connectivity index (χ0) is 14.3. The molecule has 1 rings (SSSR count). The third kappa shape index (κ3) is 4.75. The van der Waals surface area contributed by atoms with Crippen LogP contribution >= 0.6 is 0 Å². The Bertz CT molecular complexity index is 377. The fourth-order valence-electron chi connectivity index (χ4n) is 2.19. The highest BCUT2D eigenvalue weighted by atomic mass is 16.5. The van der Waals surface area contributed by atoms with Crippen LogP contribution in [0.4, 0.5) is 5.69 Å². The van der Waals surface area contributed by atoms with Crippen LogP contribution in [0, 0.1) is 0 Å². The summed E-state index contributed by atoms with van der Waals surface area (Å²) < 4.78 is 5.43. The molecule has 0 saturated heterocycles. The number of methoxy groups -OCH3 is 1. The van der Waals surface area contributed by atoms with E-state index in [1.165, 1.54) is 24.1 Å². The number of rotatable bonds is 8. The molecular weight excluding hydrogens is 236 g/mol. The van der Waals surface area contributed by atoms with Crippen LogP contribution < -0.4 is 15.0 Å². The third-order valence-electron chi connectivity index (χ3n) is 3.45. The van der Waals surface area contributed by atoms with Crippen molar-refractivity contribution in [3.05, 3.63) is 23.8 Å². The number of nitrogens with one attached hydrogen (secondary N) is 1. The minimum atomic E-state index is 0.479. The quantitative estimate of drug-likeness (QED) is 0.729. The number of nitrogens with zero attached hydrogens (tertiary/aromatic N) is 1. The highest BCUT2D eigenvalue weighted by molar-refractivity contribution is 5.53. The second-order valence-corrected chi connectivity index (χ2v) is 5.31. The third-order valence-corrected chi connectivity index (χ3v) is 3.45. The molecule has 0 bridgehead atoms. The molecule has 0 amide bonds. The summed E-state index contributed by atoms with van der Waals surface area (Å²) in [6.45, 7) is 6.59. The molecule has 0 heterocycles. The van der Waals surface area contributed by atoms with Gasteiger partial charge in [-0.25, -0.2) is 0 Å². The van der Waals surface area contributed by atoms with Crippen LogP contribution in [0.3, 0.4) is 0 Å². The molecule has 0 saturated carbocycles. The van der Waals surface area contributed by atoms with Gasteiger partial charge in [0, 0.05) is 19.3 Å². The first-order valence-electron chi connectivity index (χ1n) is 7.13. The number of benzene rings is 1.